The van der Waals surface area contributed by atoms with E-state index in [0.29, 0.717) is 37.2 Å². The SMILES string of the molecule is CC(C)[C@@H]1NC(=O)c2cc(N3CCC(C(=O)O)CC3)ccc2NC(=O)[C@H](Cc2ccc(O)cc2)NC(=O)[C@H](CO)NC1=O. The van der Waals surface area contributed by atoms with E-state index in [2.05, 4.69) is 21.3 Å². The van der Waals surface area contributed by atoms with Crippen LogP contribution >= 0.6 is 0 Å². The average molecular weight is 596 g/mol. The maximum Gasteiger partial charge on any atom is 0.306 e. The molecule has 1 fully saturated rings. The molecule has 0 aliphatic carbocycles. The minimum absolute atomic E-state index is 0.0106. The summed E-state index contributed by atoms with van der Waals surface area (Å²) in [6, 6.07) is 7.31. The third-order valence-electron chi connectivity index (χ3n) is 7.78. The number of hydrogen-bond donors (Lipinski definition) is 7. The van der Waals surface area contributed by atoms with Gasteiger partial charge in [-0.25, -0.2) is 0 Å². The van der Waals surface area contributed by atoms with E-state index in [1.54, 1.807) is 44.2 Å². The van der Waals surface area contributed by atoms with Crippen molar-refractivity contribution in [1.29, 1.82) is 0 Å². The topological polar surface area (TPSA) is 197 Å². The number of amides is 4. The Hall–Kier alpha value is -4.65. The van der Waals surface area contributed by atoms with Gasteiger partial charge in [0.15, 0.2) is 0 Å². The molecule has 13 nitrogen and oxygen atoms in total. The lowest BCUT2D eigenvalue weighted by Gasteiger charge is -2.32. The number of phenolic OH excluding ortho intramolecular Hbond substituents is 1. The molecular formula is C30H37N5O8. The second-order valence-electron chi connectivity index (χ2n) is 11.2. The van der Waals surface area contributed by atoms with Gasteiger partial charge in [0.2, 0.25) is 17.7 Å². The van der Waals surface area contributed by atoms with Crippen LogP contribution in [0.3, 0.4) is 0 Å². The van der Waals surface area contributed by atoms with Crippen molar-refractivity contribution in [1.82, 2.24) is 16.0 Å². The Balaban J connectivity index is 1.72. The highest BCUT2D eigenvalue weighted by molar-refractivity contribution is 6.08. The van der Waals surface area contributed by atoms with E-state index < -0.39 is 66.2 Å². The van der Waals surface area contributed by atoms with E-state index >= 15 is 0 Å². The zero-order chi connectivity index (χ0) is 31.3. The van der Waals surface area contributed by atoms with Crippen LogP contribution in [0.4, 0.5) is 11.4 Å². The van der Waals surface area contributed by atoms with Crippen LogP contribution in [-0.4, -0.2) is 82.7 Å². The summed E-state index contributed by atoms with van der Waals surface area (Å²) in [6.45, 7) is 3.62. The number of aromatic hydroxyl groups is 1. The van der Waals surface area contributed by atoms with E-state index in [1.807, 2.05) is 4.90 Å². The summed E-state index contributed by atoms with van der Waals surface area (Å²) in [5, 5.41) is 39.4. The Bertz CT molecular complexity index is 1370. The fourth-order valence-electron chi connectivity index (χ4n) is 5.19. The predicted octanol–water partition coefficient (Wildman–Crippen LogP) is 0.604. The number of carbonyl (C=O) groups is 5. The van der Waals surface area contributed by atoms with Crippen LogP contribution in [0.1, 0.15) is 42.6 Å². The predicted molar refractivity (Wildman–Crippen MR) is 156 cm³/mol. The third kappa shape index (κ3) is 7.60. The minimum Gasteiger partial charge on any atom is -0.508 e. The van der Waals surface area contributed by atoms with Gasteiger partial charge in [-0.2, -0.15) is 0 Å². The molecule has 2 heterocycles. The molecular weight excluding hydrogens is 558 g/mol. The van der Waals surface area contributed by atoms with Crippen LogP contribution in [0, 0.1) is 11.8 Å². The number of aliphatic hydroxyl groups is 1. The Morgan fingerprint density at radius 2 is 1.56 bits per heavy atom. The van der Waals surface area contributed by atoms with E-state index in [1.165, 1.54) is 12.1 Å². The van der Waals surface area contributed by atoms with Gasteiger partial charge in [-0.1, -0.05) is 26.0 Å². The number of nitrogens with zero attached hydrogens (tertiary/aromatic N) is 1. The smallest absolute Gasteiger partial charge is 0.306 e. The number of aliphatic carboxylic acids is 1. The first-order chi connectivity index (χ1) is 20.5. The van der Waals surface area contributed by atoms with Crippen molar-refractivity contribution in [2.45, 2.75) is 51.2 Å². The molecule has 4 rings (SSSR count). The molecule has 230 valence electrons. The number of aliphatic hydroxyl groups excluding tert-OH is 1. The molecule has 43 heavy (non-hydrogen) atoms. The number of anilines is 2. The molecule has 0 radical (unpaired) electrons. The summed E-state index contributed by atoms with van der Waals surface area (Å²) in [5.74, 6) is -4.41. The molecule has 2 aliphatic heterocycles. The van der Waals surface area contributed by atoms with Crippen LogP contribution < -0.4 is 26.2 Å². The number of piperidine rings is 1. The highest BCUT2D eigenvalue weighted by Crippen LogP contribution is 2.28. The van der Waals surface area contributed by atoms with E-state index in [0.717, 1.165) is 0 Å². The van der Waals surface area contributed by atoms with Gasteiger partial charge in [-0.05, 0) is 54.7 Å². The monoisotopic (exact) mass is 595 g/mol. The Morgan fingerprint density at radius 1 is 0.907 bits per heavy atom. The summed E-state index contributed by atoms with van der Waals surface area (Å²) in [6.07, 6.45) is 0.891. The summed E-state index contributed by atoms with van der Waals surface area (Å²) in [7, 11) is 0. The molecule has 1 saturated heterocycles. The summed E-state index contributed by atoms with van der Waals surface area (Å²) in [4.78, 5) is 67.0. The average Bonchev–Trinajstić information content (AvgIpc) is 2.99. The van der Waals surface area contributed by atoms with Crippen LogP contribution in [0.25, 0.3) is 0 Å². The molecule has 2 aromatic rings. The fraction of sp³-hybridized carbons (Fsp3) is 0.433. The molecule has 2 aliphatic rings. The van der Waals surface area contributed by atoms with Crippen molar-refractivity contribution in [2.24, 2.45) is 11.8 Å². The first kappa shape index (κ1) is 31.3. The lowest BCUT2D eigenvalue weighted by Crippen LogP contribution is -2.58. The van der Waals surface area contributed by atoms with E-state index in [-0.39, 0.29) is 23.4 Å². The number of hydrogen-bond acceptors (Lipinski definition) is 8. The summed E-state index contributed by atoms with van der Waals surface area (Å²) < 4.78 is 0. The minimum atomic E-state index is -1.38. The number of phenols is 1. The molecule has 2 aromatic carbocycles. The van der Waals surface area contributed by atoms with Gasteiger partial charge in [-0.15, -0.1) is 0 Å². The molecule has 3 atom stereocenters. The van der Waals surface area contributed by atoms with Crippen molar-refractivity contribution in [3.8, 4) is 5.75 Å². The summed E-state index contributed by atoms with van der Waals surface area (Å²) >= 11 is 0. The summed E-state index contributed by atoms with van der Waals surface area (Å²) in [5.41, 5.74) is 1.50. The molecule has 0 spiro atoms. The van der Waals surface area contributed by atoms with Gasteiger partial charge < -0.3 is 41.5 Å². The number of nitrogens with one attached hydrogen (secondary N) is 4. The van der Waals surface area contributed by atoms with Crippen molar-refractivity contribution in [2.75, 3.05) is 29.9 Å². The van der Waals surface area contributed by atoms with Crippen molar-refractivity contribution >= 4 is 41.0 Å². The van der Waals surface area contributed by atoms with Crippen LogP contribution in [0.2, 0.25) is 0 Å². The van der Waals surface area contributed by atoms with Crippen LogP contribution in [-0.2, 0) is 25.6 Å². The molecule has 7 N–H and O–H groups in total. The number of benzene rings is 2. The molecule has 0 bridgehead atoms. The van der Waals surface area contributed by atoms with Gasteiger partial charge in [0.1, 0.15) is 23.9 Å². The van der Waals surface area contributed by atoms with Gasteiger partial charge in [-0.3, -0.25) is 24.0 Å². The highest BCUT2D eigenvalue weighted by Gasteiger charge is 2.33. The maximum atomic E-state index is 13.7. The number of fused-ring (bicyclic) bond motifs is 1. The van der Waals surface area contributed by atoms with Crippen molar-refractivity contribution in [3.05, 3.63) is 53.6 Å². The zero-order valence-electron chi connectivity index (χ0n) is 24.0. The van der Waals surface area contributed by atoms with Crippen molar-refractivity contribution in [3.63, 3.8) is 0 Å². The Morgan fingerprint density at radius 3 is 2.16 bits per heavy atom. The molecule has 0 aromatic heterocycles. The van der Waals surface area contributed by atoms with Gasteiger partial charge in [0, 0.05) is 25.2 Å². The van der Waals surface area contributed by atoms with Gasteiger partial charge >= 0.3 is 5.97 Å². The van der Waals surface area contributed by atoms with E-state index in [4.69, 9.17) is 0 Å². The Labute approximate surface area is 248 Å². The van der Waals surface area contributed by atoms with Crippen molar-refractivity contribution < 1.29 is 39.3 Å². The number of carboxylic acids is 1. The van der Waals surface area contributed by atoms with Gasteiger partial charge in [0.25, 0.3) is 5.91 Å². The normalized spacial score (nSPS) is 22.2. The number of rotatable bonds is 6. The van der Waals surface area contributed by atoms with E-state index in [9.17, 15) is 39.3 Å². The second kappa shape index (κ2) is 13.6. The first-order valence-corrected chi connectivity index (χ1v) is 14.2. The maximum absolute atomic E-state index is 13.7. The standard InChI is InChI=1S/C30H37N5O8/c1-16(2)25-29(41)33-24(15-36)28(40)32-23(13-17-3-6-20(37)7-4-17)27(39)31-22-8-5-19(14-21(22)26(38)34-25)35-11-9-18(10-12-35)30(42)43/h3-8,14,16,18,23-25,36-37H,9-13,15H2,1-2H3,(H,31,39)(H,32,40)(H,33,41)(H,34,38)(H,42,43)/t23-,24-,25-/m0/s1. The Kier molecular flexibility index (Phi) is 9.86. The zero-order valence-corrected chi connectivity index (χ0v) is 24.0. The first-order valence-electron chi connectivity index (χ1n) is 14.2. The van der Waals surface area contributed by atoms with Gasteiger partial charge in [0.05, 0.1) is 23.8 Å². The lowest BCUT2D eigenvalue weighted by molar-refractivity contribution is -0.142. The fourth-order valence-corrected chi connectivity index (χ4v) is 5.19. The highest BCUT2D eigenvalue weighted by atomic mass is 16.4. The van der Waals surface area contributed by atoms with Crippen LogP contribution in [0.5, 0.6) is 5.75 Å². The molecule has 13 heteroatoms. The molecule has 0 saturated carbocycles. The van der Waals surface area contributed by atoms with Crippen LogP contribution in [0.15, 0.2) is 42.5 Å². The third-order valence-corrected chi connectivity index (χ3v) is 7.78. The number of carboxylic acid groups (broad SMARTS) is 1. The quantitative estimate of drug-likeness (QED) is 0.250. The molecule has 0 unspecified atom stereocenters. The second-order valence-corrected chi connectivity index (χ2v) is 11.2. The lowest BCUT2D eigenvalue weighted by atomic mass is 9.96. The largest absolute Gasteiger partial charge is 0.508 e. The number of carbonyl (C=O) groups excluding carboxylic acids is 4. The molecule has 4 amide bonds.